The van der Waals surface area contributed by atoms with Crippen molar-refractivity contribution in [1.82, 2.24) is 15.0 Å². The van der Waals surface area contributed by atoms with Gasteiger partial charge in [-0.05, 0) is 62.4 Å². The molecular formula is C28H25N3O7. The monoisotopic (exact) mass is 515 g/mol. The van der Waals surface area contributed by atoms with E-state index in [-0.39, 0.29) is 40.1 Å². The van der Waals surface area contributed by atoms with Crippen LogP contribution in [-0.4, -0.2) is 57.1 Å². The fourth-order valence-corrected chi connectivity index (χ4v) is 3.52. The summed E-state index contributed by atoms with van der Waals surface area (Å²) in [5, 5.41) is 21.5. The number of phenolic OH excluding ortho intramolecular Hbond substituents is 2. The molecule has 0 radical (unpaired) electrons. The molecule has 0 bridgehead atoms. The molecule has 10 heteroatoms. The molecule has 0 amide bonds. The number of hydrogen-bond donors (Lipinski definition) is 2. The van der Waals surface area contributed by atoms with Crippen LogP contribution in [0.5, 0.6) is 28.7 Å². The maximum Gasteiger partial charge on any atom is 0.167 e. The molecule has 0 aliphatic heterocycles. The van der Waals surface area contributed by atoms with Crippen molar-refractivity contribution in [2.24, 2.45) is 0 Å². The van der Waals surface area contributed by atoms with E-state index in [9.17, 15) is 19.8 Å². The molecule has 1 heterocycles. The van der Waals surface area contributed by atoms with Gasteiger partial charge in [-0.3, -0.25) is 9.59 Å². The predicted molar refractivity (Wildman–Crippen MR) is 138 cm³/mol. The summed E-state index contributed by atoms with van der Waals surface area (Å²) >= 11 is 0. The molecule has 2 unspecified atom stereocenters. The van der Waals surface area contributed by atoms with Crippen molar-refractivity contribution in [3.05, 3.63) is 60.7 Å². The van der Waals surface area contributed by atoms with Crippen molar-refractivity contribution in [2.75, 3.05) is 7.11 Å². The van der Waals surface area contributed by atoms with E-state index in [0.29, 0.717) is 35.4 Å². The Bertz CT molecular complexity index is 1370. The van der Waals surface area contributed by atoms with E-state index >= 15 is 0 Å². The van der Waals surface area contributed by atoms with E-state index in [1.165, 1.54) is 12.1 Å². The topological polar surface area (TPSA) is 141 Å². The predicted octanol–water partition coefficient (Wildman–Crippen LogP) is 4.22. The molecule has 0 spiro atoms. The maximum absolute atomic E-state index is 10.9. The second-order valence-corrected chi connectivity index (χ2v) is 8.31. The molecule has 4 rings (SSSR count). The number of aldehydes is 2. The summed E-state index contributed by atoms with van der Waals surface area (Å²) < 4.78 is 16.1. The molecule has 1 aromatic heterocycles. The molecular weight excluding hydrogens is 490 g/mol. The number of benzene rings is 3. The minimum Gasteiger partial charge on any atom is -0.507 e. The van der Waals surface area contributed by atoms with E-state index in [0.717, 1.165) is 0 Å². The van der Waals surface area contributed by atoms with Gasteiger partial charge < -0.3 is 24.4 Å². The number of rotatable bonds is 10. The van der Waals surface area contributed by atoms with Crippen molar-refractivity contribution in [1.29, 1.82) is 0 Å². The second kappa shape index (κ2) is 11.4. The third-order valence-corrected chi connectivity index (χ3v) is 5.43. The SMILES string of the molecule is COc1ccc(-c2nc(-c3ccc(OC(C)C=O)cc3O)nc(-c3ccc(OC(C)C=O)cc3O)n2)cc1. The maximum atomic E-state index is 10.9. The van der Waals surface area contributed by atoms with Gasteiger partial charge in [0.05, 0.1) is 18.2 Å². The third-order valence-electron chi connectivity index (χ3n) is 5.43. The fourth-order valence-electron chi connectivity index (χ4n) is 3.52. The number of phenols is 2. The van der Waals surface area contributed by atoms with Crippen LogP contribution in [0, 0.1) is 0 Å². The van der Waals surface area contributed by atoms with E-state index in [4.69, 9.17) is 14.2 Å². The molecule has 0 aliphatic carbocycles. The molecule has 0 aliphatic rings. The third kappa shape index (κ3) is 5.86. The Morgan fingerprint density at radius 2 is 1.08 bits per heavy atom. The molecule has 0 saturated carbocycles. The van der Waals surface area contributed by atoms with Crippen molar-refractivity contribution < 1.29 is 34.0 Å². The summed E-state index contributed by atoms with van der Waals surface area (Å²) in [5.74, 6) is 1.48. The van der Waals surface area contributed by atoms with Gasteiger partial charge in [0, 0.05) is 17.7 Å². The Hall–Kier alpha value is -4.99. The zero-order valence-electron chi connectivity index (χ0n) is 20.9. The van der Waals surface area contributed by atoms with E-state index < -0.39 is 12.2 Å². The number of carbonyl (C=O) groups is 2. The smallest absolute Gasteiger partial charge is 0.167 e. The first-order chi connectivity index (χ1) is 18.3. The van der Waals surface area contributed by atoms with Crippen LogP contribution in [-0.2, 0) is 9.59 Å². The summed E-state index contributed by atoms with van der Waals surface area (Å²) in [6, 6.07) is 16.1. The number of ether oxygens (including phenoxy) is 3. The number of aromatic nitrogens is 3. The molecule has 38 heavy (non-hydrogen) atoms. The van der Waals surface area contributed by atoms with Crippen LogP contribution in [0.4, 0.5) is 0 Å². The Balaban J connectivity index is 1.82. The second-order valence-electron chi connectivity index (χ2n) is 8.31. The van der Waals surface area contributed by atoms with Crippen LogP contribution >= 0.6 is 0 Å². The van der Waals surface area contributed by atoms with Crippen LogP contribution in [0.2, 0.25) is 0 Å². The highest BCUT2D eigenvalue weighted by molar-refractivity contribution is 5.73. The Morgan fingerprint density at radius 3 is 1.47 bits per heavy atom. The van der Waals surface area contributed by atoms with Crippen LogP contribution in [0.3, 0.4) is 0 Å². The highest BCUT2D eigenvalue weighted by atomic mass is 16.5. The molecule has 194 valence electrons. The van der Waals surface area contributed by atoms with Crippen molar-refractivity contribution >= 4 is 12.6 Å². The van der Waals surface area contributed by atoms with Crippen LogP contribution in [0.1, 0.15) is 13.8 Å². The number of aromatic hydroxyl groups is 2. The summed E-state index contributed by atoms with van der Waals surface area (Å²) in [7, 11) is 1.56. The van der Waals surface area contributed by atoms with E-state index in [2.05, 4.69) is 15.0 Å². The average molecular weight is 516 g/mol. The number of methoxy groups -OCH3 is 1. The van der Waals surface area contributed by atoms with Gasteiger partial charge >= 0.3 is 0 Å². The zero-order valence-corrected chi connectivity index (χ0v) is 20.9. The van der Waals surface area contributed by atoms with Gasteiger partial charge in [0.15, 0.2) is 42.3 Å². The fraction of sp³-hybridized carbons (Fsp3) is 0.179. The molecule has 0 fully saturated rings. The Labute approximate surface area is 218 Å². The summed E-state index contributed by atoms with van der Waals surface area (Å²) in [5.41, 5.74) is 1.22. The first kappa shape index (κ1) is 26.1. The van der Waals surface area contributed by atoms with Crippen LogP contribution in [0.15, 0.2) is 60.7 Å². The Morgan fingerprint density at radius 1 is 0.658 bits per heavy atom. The number of hydrogen-bond acceptors (Lipinski definition) is 10. The lowest BCUT2D eigenvalue weighted by Gasteiger charge is -2.13. The van der Waals surface area contributed by atoms with Gasteiger partial charge in [-0.2, -0.15) is 0 Å². The van der Waals surface area contributed by atoms with Gasteiger partial charge in [0.25, 0.3) is 0 Å². The van der Waals surface area contributed by atoms with Crippen LogP contribution < -0.4 is 14.2 Å². The summed E-state index contributed by atoms with van der Waals surface area (Å²) in [6.07, 6.45) is -0.0789. The average Bonchev–Trinajstić information content (AvgIpc) is 2.92. The number of carbonyl (C=O) groups excluding carboxylic acids is 2. The van der Waals surface area contributed by atoms with Crippen molar-refractivity contribution in [3.8, 4) is 62.9 Å². The molecule has 2 N–H and O–H groups in total. The van der Waals surface area contributed by atoms with Gasteiger partial charge in [0.1, 0.15) is 28.7 Å². The largest absolute Gasteiger partial charge is 0.507 e. The van der Waals surface area contributed by atoms with Gasteiger partial charge in [-0.25, -0.2) is 15.0 Å². The lowest BCUT2D eigenvalue weighted by atomic mass is 10.1. The van der Waals surface area contributed by atoms with Crippen LogP contribution in [0.25, 0.3) is 34.2 Å². The first-order valence-electron chi connectivity index (χ1n) is 11.6. The Kier molecular flexibility index (Phi) is 7.81. The lowest BCUT2D eigenvalue weighted by Crippen LogP contribution is -2.12. The molecule has 10 nitrogen and oxygen atoms in total. The highest BCUT2D eigenvalue weighted by Crippen LogP contribution is 2.36. The van der Waals surface area contributed by atoms with E-state index in [1.807, 2.05) is 0 Å². The van der Waals surface area contributed by atoms with Crippen molar-refractivity contribution in [3.63, 3.8) is 0 Å². The van der Waals surface area contributed by atoms with E-state index in [1.54, 1.807) is 69.5 Å². The zero-order chi connectivity index (χ0) is 27.2. The quantitative estimate of drug-likeness (QED) is 0.295. The van der Waals surface area contributed by atoms with Crippen molar-refractivity contribution in [2.45, 2.75) is 26.1 Å². The molecule has 0 saturated heterocycles. The molecule has 4 aromatic rings. The summed E-state index contributed by atoms with van der Waals surface area (Å²) in [4.78, 5) is 35.5. The number of nitrogens with zero attached hydrogens (tertiary/aromatic N) is 3. The first-order valence-corrected chi connectivity index (χ1v) is 11.6. The van der Waals surface area contributed by atoms with Gasteiger partial charge in [0.2, 0.25) is 0 Å². The van der Waals surface area contributed by atoms with Gasteiger partial charge in [-0.1, -0.05) is 0 Å². The summed E-state index contributed by atoms with van der Waals surface area (Å²) in [6.45, 7) is 3.17. The van der Waals surface area contributed by atoms with Gasteiger partial charge in [-0.15, -0.1) is 0 Å². The standard InChI is InChI=1S/C28H25N3O7/c1-16(14-32)37-20-8-10-22(24(34)12-20)27-29-26(18-4-6-19(36-3)7-5-18)30-28(31-27)23-11-9-21(13-25(23)35)38-17(2)15-33/h4-17,34-35H,1-3H3. The minimum absolute atomic E-state index is 0.141. The molecule has 2 atom stereocenters. The minimum atomic E-state index is -0.685. The molecule has 3 aromatic carbocycles. The normalized spacial score (nSPS) is 12.3. The lowest BCUT2D eigenvalue weighted by molar-refractivity contribution is -0.113. The highest BCUT2D eigenvalue weighted by Gasteiger charge is 2.18.